The largest absolute Gasteiger partial charge is 0.450 e. The van der Waals surface area contributed by atoms with E-state index in [0.717, 1.165) is 33.4 Å². The molecule has 268 valence electrons. The molecule has 1 aromatic heterocycles. The van der Waals surface area contributed by atoms with Crippen molar-refractivity contribution in [2.24, 2.45) is 0 Å². The fourth-order valence-electron chi connectivity index (χ4n) is 8.45. The highest BCUT2D eigenvalue weighted by Gasteiger charge is 2.47. The lowest BCUT2D eigenvalue weighted by atomic mass is 9.67. The number of ether oxygens (including phenoxy) is 2. The molecule has 0 atom stereocenters. The first-order valence-corrected chi connectivity index (χ1v) is 19.1. The highest BCUT2D eigenvalue weighted by Crippen LogP contribution is 2.59. The molecule has 0 spiro atoms. The van der Waals surface area contributed by atoms with E-state index in [2.05, 4.69) is 133 Å². The molecule has 0 bridgehead atoms. The Bertz CT molecular complexity index is 2840. The van der Waals surface area contributed by atoms with Crippen LogP contribution in [0.1, 0.15) is 22.3 Å². The highest BCUT2D eigenvalue weighted by molar-refractivity contribution is 5.88. The molecular weight excluding hydrogens is 699 g/mol. The molecule has 0 unspecified atom stereocenters. The van der Waals surface area contributed by atoms with Crippen LogP contribution < -0.4 is 9.47 Å². The average molecular weight is 732 g/mol. The lowest BCUT2D eigenvalue weighted by Crippen LogP contribution is -2.28. The third-order valence-corrected chi connectivity index (χ3v) is 11.1. The molecule has 0 saturated carbocycles. The maximum Gasteiger partial charge on any atom is 0.170 e. The Morgan fingerprint density at radius 1 is 0.298 bits per heavy atom. The number of benzene rings is 8. The second kappa shape index (κ2) is 13.3. The van der Waals surface area contributed by atoms with Crippen LogP contribution in [-0.2, 0) is 5.41 Å². The monoisotopic (exact) mass is 731 g/mol. The summed E-state index contributed by atoms with van der Waals surface area (Å²) in [5.41, 5.74) is 11.5. The van der Waals surface area contributed by atoms with Crippen LogP contribution >= 0.6 is 0 Å². The summed E-state index contributed by atoms with van der Waals surface area (Å²) < 4.78 is 13.4. The lowest BCUT2D eigenvalue weighted by molar-refractivity contribution is 0.359. The molecule has 5 nitrogen and oxygen atoms in total. The van der Waals surface area contributed by atoms with Crippen molar-refractivity contribution in [3.63, 3.8) is 0 Å². The fraction of sp³-hybridized carbons (Fsp3) is 0.0192. The van der Waals surface area contributed by atoms with Crippen molar-refractivity contribution >= 4 is 0 Å². The zero-order valence-electron chi connectivity index (χ0n) is 30.7. The van der Waals surface area contributed by atoms with Crippen LogP contribution in [0.25, 0.3) is 56.4 Å². The SMILES string of the molecule is c1ccc(-c2nc(-c3ccccc3)nc(-c3ccc(-c4ccc5c(c4)Oc4cc6c(cc4O5)C(c4ccccc4)(c4ccccc4)c4ccccc4-6)cc3)n2)cc1. The van der Waals surface area contributed by atoms with Gasteiger partial charge in [0.15, 0.2) is 40.5 Å². The quantitative estimate of drug-likeness (QED) is 0.170. The summed E-state index contributed by atoms with van der Waals surface area (Å²) in [4.78, 5) is 14.6. The number of hydrogen-bond acceptors (Lipinski definition) is 5. The van der Waals surface area contributed by atoms with Gasteiger partial charge in [0.05, 0.1) is 5.41 Å². The summed E-state index contributed by atoms with van der Waals surface area (Å²) in [5, 5.41) is 0. The van der Waals surface area contributed by atoms with Gasteiger partial charge in [-0.1, -0.05) is 176 Å². The van der Waals surface area contributed by atoms with Crippen LogP contribution in [0.2, 0.25) is 0 Å². The molecule has 0 saturated heterocycles. The molecule has 57 heavy (non-hydrogen) atoms. The van der Waals surface area contributed by atoms with Crippen molar-refractivity contribution in [2.75, 3.05) is 0 Å². The number of rotatable bonds is 6. The molecule has 1 aliphatic heterocycles. The van der Waals surface area contributed by atoms with E-state index in [0.29, 0.717) is 40.5 Å². The predicted octanol–water partition coefficient (Wildman–Crippen LogP) is 12.8. The third kappa shape index (κ3) is 5.43. The molecule has 2 aliphatic rings. The van der Waals surface area contributed by atoms with Crippen LogP contribution in [-0.4, -0.2) is 15.0 Å². The van der Waals surface area contributed by atoms with E-state index in [1.165, 1.54) is 27.8 Å². The van der Waals surface area contributed by atoms with Crippen LogP contribution in [0.5, 0.6) is 23.0 Å². The van der Waals surface area contributed by atoms with Gasteiger partial charge in [-0.3, -0.25) is 0 Å². The van der Waals surface area contributed by atoms with Crippen LogP contribution in [0.3, 0.4) is 0 Å². The van der Waals surface area contributed by atoms with Crippen molar-refractivity contribution in [3.8, 4) is 79.4 Å². The maximum absolute atomic E-state index is 6.71. The predicted molar refractivity (Wildman–Crippen MR) is 225 cm³/mol. The topological polar surface area (TPSA) is 57.1 Å². The summed E-state index contributed by atoms with van der Waals surface area (Å²) in [5.74, 6) is 4.63. The molecule has 5 heteroatoms. The molecule has 2 heterocycles. The summed E-state index contributed by atoms with van der Waals surface area (Å²) in [6, 6.07) is 69.1. The van der Waals surface area contributed by atoms with Gasteiger partial charge < -0.3 is 9.47 Å². The molecule has 11 rings (SSSR count). The van der Waals surface area contributed by atoms with Gasteiger partial charge in [-0.25, -0.2) is 15.0 Å². The Hall–Kier alpha value is -7.63. The Morgan fingerprint density at radius 2 is 0.737 bits per heavy atom. The zero-order valence-corrected chi connectivity index (χ0v) is 30.7. The average Bonchev–Trinajstić information content (AvgIpc) is 3.58. The van der Waals surface area contributed by atoms with E-state index >= 15 is 0 Å². The summed E-state index contributed by atoms with van der Waals surface area (Å²) in [7, 11) is 0. The van der Waals surface area contributed by atoms with Gasteiger partial charge >= 0.3 is 0 Å². The lowest BCUT2D eigenvalue weighted by Gasteiger charge is -2.34. The number of hydrogen-bond donors (Lipinski definition) is 0. The molecule has 0 amide bonds. The summed E-state index contributed by atoms with van der Waals surface area (Å²) >= 11 is 0. The Morgan fingerprint density at radius 3 is 1.33 bits per heavy atom. The minimum Gasteiger partial charge on any atom is -0.450 e. The molecule has 0 fully saturated rings. The van der Waals surface area contributed by atoms with Gasteiger partial charge in [0.25, 0.3) is 0 Å². The minimum atomic E-state index is -0.517. The Balaban J connectivity index is 0.948. The zero-order chi connectivity index (χ0) is 37.8. The van der Waals surface area contributed by atoms with Crippen molar-refractivity contribution in [1.82, 2.24) is 15.0 Å². The van der Waals surface area contributed by atoms with Gasteiger partial charge in [-0.2, -0.15) is 0 Å². The molecule has 8 aromatic carbocycles. The Labute approximate surface area is 330 Å². The van der Waals surface area contributed by atoms with Crippen molar-refractivity contribution in [3.05, 3.63) is 222 Å². The van der Waals surface area contributed by atoms with Gasteiger partial charge in [0.1, 0.15) is 0 Å². The first kappa shape index (κ1) is 32.8. The number of aromatic nitrogens is 3. The maximum atomic E-state index is 6.71. The van der Waals surface area contributed by atoms with Crippen LogP contribution in [0.15, 0.2) is 200 Å². The van der Waals surface area contributed by atoms with Crippen molar-refractivity contribution in [1.29, 1.82) is 0 Å². The first-order chi connectivity index (χ1) is 28.2. The number of fused-ring (bicyclic) bond motifs is 5. The van der Waals surface area contributed by atoms with E-state index in [4.69, 9.17) is 24.4 Å². The van der Waals surface area contributed by atoms with Gasteiger partial charge in [0, 0.05) is 16.7 Å². The standard InChI is InChI=1S/C52H33N3O2/c1-5-15-35(16-6-1)49-53-50(36-17-7-2-8-18-36)55-51(54-49)37-27-25-34(26-28-37)38-29-30-45-46(31-38)57-47-32-42-41-23-13-14-24-43(41)52(39-19-9-3-10-20-39,40-21-11-4-12-22-40)44(42)33-48(47)56-45/h1-33H. The van der Waals surface area contributed by atoms with E-state index in [1.807, 2.05) is 66.7 Å². The van der Waals surface area contributed by atoms with Crippen molar-refractivity contribution < 1.29 is 9.47 Å². The summed E-state index contributed by atoms with van der Waals surface area (Å²) in [6.07, 6.45) is 0. The van der Waals surface area contributed by atoms with E-state index < -0.39 is 5.41 Å². The Kier molecular flexibility index (Phi) is 7.64. The second-order valence-corrected chi connectivity index (χ2v) is 14.4. The first-order valence-electron chi connectivity index (χ1n) is 19.1. The third-order valence-electron chi connectivity index (χ3n) is 11.1. The smallest absolute Gasteiger partial charge is 0.170 e. The van der Waals surface area contributed by atoms with Crippen LogP contribution in [0, 0.1) is 0 Å². The molecule has 1 aliphatic carbocycles. The van der Waals surface area contributed by atoms with Crippen LogP contribution in [0.4, 0.5) is 0 Å². The highest BCUT2D eigenvalue weighted by atomic mass is 16.6. The van der Waals surface area contributed by atoms with Gasteiger partial charge in [-0.05, 0) is 68.8 Å². The van der Waals surface area contributed by atoms with Gasteiger partial charge in [0.2, 0.25) is 0 Å². The molecule has 0 radical (unpaired) electrons. The summed E-state index contributed by atoms with van der Waals surface area (Å²) in [6.45, 7) is 0. The second-order valence-electron chi connectivity index (χ2n) is 14.4. The molecule has 9 aromatic rings. The van der Waals surface area contributed by atoms with Crippen molar-refractivity contribution in [2.45, 2.75) is 5.41 Å². The molecule has 0 N–H and O–H groups in total. The van der Waals surface area contributed by atoms with Gasteiger partial charge in [-0.15, -0.1) is 0 Å². The van der Waals surface area contributed by atoms with E-state index in [1.54, 1.807) is 0 Å². The minimum absolute atomic E-state index is 0.517. The van der Waals surface area contributed by atoms with E-state index in [9.17, 15) is 0 Å². The van der Waals surface area contributed by atoms with E-state index in [-0.39, 0.29) is 0 Å². The normalized spacial score (nSPS) is 13.0. The molecular formula is C52H33N3O2. The fourth-order valence-corrected chi connectivity index (χ4v) is 8.45. The number of nitrogens with zero attached hydrogens (tertiary/aromatic N) is 3.